The SMILES string of the molecule is Cn1cc(CCNc2cc(Cl)nc(N)n2)cn1. The van der Waals surface area contributed by atoms with Crippen molar-refractivity contribution >= 4 is 23.4 Å². The van der Waals surface area contributed by atoms with E-state index in [1.54, 1.807) is 10.7 Å². The number of anilines is 2. The Labute approximate surface area is 104 Å². The van der Waals surface area contributed by atoms with E-state index in [2.05, 4.69) is 20.4 Å². The number of aryl methyl sites for hydroxylation is 1. The summed E-state index contributed by atoms with van der Waals surface area (Å²) in [6.07, 6.45) is 4.67. The Morgan fingerprint density at radius 2 is 2.29 bits per heavy atom. The largest absolute Gasteiger partial charge is 0.370 e. The second-order valence-electron chi connectivity index (χ2n) is 3.63. The van der Waals surface area contributed by atoms with E-state index >= 15 is 0 Å². The quantitative estimate of drug-likeness (QED) is 0.797. The molecule has 2 heterocycles. The monoisotopic (exact) mass is 252 g/mol. The smallest absolute Gasteiger partial charge is 0.223 e. The standard InChI is InChI=1S/C10H13ClN6/c1-17-6-7(5-14-17)2-3-13-9-4-8(11)15-10(12)16-9/h4-6H,2-3H2,1H3,(H3,12,13,15,16). The van der Waals surface area contributed by atoms with Crippen molar-refractivity contribution in [3.63, 3.8) is 0 Å². The second-order valence-corrected chi connectivity index (χ2v) is 4.02. The minimum absolute atomic E-state index is 0.168. The van der Waals surface area contributed by atoms with Crippen molar-refractivity contribution in [2.45, 2.75) is 6.42 Å². The van der Waals surface area contributed by atoms with Gasteiger partial charge >= 0.3 is 0 Å². The molecule has 0 amide bonds. The van der Waals surface area contributed by atoms with Crippen LogP contribution in [0.2, 0.25) is 5.15 Å². The number of hydrogen-bond donors (Lipinski definition) is 2. The van der Waals surface area contributed by atoms with Crippen LogP contribution in [-0.4, -0.2) is 26.3 Å². The van der Waals surface area contributed by atoms with E-state index in [0.29, 0.717) is 11.0 Å². The Bertz CT molecular complexity index is 489. The van der Waals surface area contributed by atoms with Crippen LogP contribution in [0.1, 0.15) is 5.56 Å². The van der Waals surface area contributed by atoms with Gasteiger partial charge in [-0.25, -0.2) is 4.98 Å². The van der Waals surface area contributed by atoms with Crippen molar-refractivity contribution in [1.29, 1.82) is 0 Å². The highest BCUT2D eigenvalue weighted by molar-refractivity contribution is 6.29. The third-order valence-electron chi connectivity index (χ3n) is 2.19. The van der Waals surface area contributed by atoms with E-state index in [1.165, 1.54) is 0 Å². The number of nitrogens with zero attached hydrogens (tertiary/aromatic N) is 4. The van der Waals surface area contributed by atoms with Crippen LogP contribution in [0, 0.1) is 0 Å². The summed E-state index contributed by atoms with van der Waals surface area (Å²) in [7, 11) is 1.89. The highest BCUT2D eigenvalue weighted by Gasteiger charge is 2.00. The molecule has 0 aliphatic heterocycles. The lowest BCUT2D eigenvalue weighted by molar-refractivity contribution is 0.767. The van der Waals surface area contributed by atoms with Gasteiger partial charge in [-0.1, -0.05) is 11.6 Å². The normalized spacial score (nSPS) is 10.5. The first-order valence-electron chi connectivity index (χ1n) is 5.15. The third-order valence-corrected chi connectivity index (χ3v) is 2.38. The van der Waals surface area contributed by atoms with Gasteiger partial charge in [-0.15, -0.1) is 0 Å². The molecule has 0 saturated carbocycles. The van der Waals surface area contributed by atoms with Crippen LogP contribution >= 0.6 is 11.6 Å². The van der Waals surface area contributed by atoms with Crippen molar-refractivity contribution in [2.75, 3.05) is 17.6 Å². The number of nitrogen functional groups attached to an aromatic ring is 1. The number of nitrogens with two attached hydrogens (primary N) is 1. The summed E-state index contributed by atoms with van der Waals surface area (Å²) < 4.78 is 1.77. The summed E-state index contributed by atoms with van der Waals surface area (Å²) in [5.74, 6) is 0.799. The van der Waals surface area contributed by atoms with Crippen molar-refractivity contribution in [2.24, 2.45) is 7.05 Å². The minimum atomic E-state index is 0.168. The number of nitrogens with one attached hydrogen (secondary N) is 1. The van der Waals surface area contributed by atoms with Gasteiger partial charge in [-0.05, 0) is 12.0 Å². The third kappa shape index (κ3) is 3.32. The van der Waals surface area contributed by atoms with Crippen LogP contribution in [0.3, 0.4) is 0 Å². The van der Waals surface area contributed by atoms with Crippen LogP contribution < -0.4 is 11.1 Å². The molecular weight excluding hydrogens is 240 g/mol. The first-order valence-corrected chi connectivity index (χ1v) is 5.53. The van der Waals surface area contributed by atoms with E-state index in [9.17, 15) is 0 Å². The van der Waals surface area contributed by atoms with Crippen LogP contribution in [0.25, 0.3) is 0 Å². The number of hydrogen-bond acceptors (Lipinski definition) is 5. The van der Waals surface area contributed by atoms with Crippen LogP contribution in [0.5, 0.6) is 0 Å². The van der Waals surface area contributed by atoms with E-state index in [-0.39, 0.29) is 5.95 Å². The van der Waals surface area contributed by atoms with Crippen molar-refractivity contribution in [1.82, 2.24) is 19.7 Å². The minimum Gasteiger partial charge on any atom is -0.370 e. The molecule has 0 bridgehead atoms. The first-order chi connectivity index (χ1) is 8.13. The van der Waals surface area contributed by atoms with E-state index in [4.69, 9.17) is 17.3 Å². The Morgan fingerprint density at radius 1 is 1.47 bits per heavy atom. The topological polar surface area (TPSA) is 81.7 Å². The lowest BCUT2D eigenvalue weighted by Gasteiger charge is -2.05. The fourth-order valence-electron chi connectivity index (χ4n) is 1.46. The molecule has 90 valence electrons. The van der Waals surface area contributed by atoms with Crippen LogP contribution in [-0.2, 0) is 13.5 Å². The summed E-state index contributed by atoms with van der Waals surface area (Å²) in [5.41, 5.74) is 6.65. The summed E-state index contributed by atoms with van der Waals surface area (Å²) in [5, 5.41) is 7.56. The predicted molar refractivity (Wildman–Crippen MR) is 66.9 cm³/mol. The van der Waals surface area contributed by atoms with Crippen LogP contribution in [0.15, 0.2) is 18.5 Å². The van der Waals surface area contributed by atoms with Gasteiger partial charge in [-0.2, -0.15) is 10.1 Å². The van der Waals surface area contributed by atoms with E-state index in [0.717, 1.165) is 18.5 Å². The number of rotatable bonds is 4. The van der Waals surface area contributed by atoms with Gasteiger partial charge in [0, 0.05) is 25.9 Å². The van der Waals surface area contributed by atoms with Crippen molar-refractivity contribution in [3.8, 4) is 0 Å². The zero-order valence-corrected chi connectivity index (χ0v) is 10.1. The number of halogens is 1. The molecule has 0 aromatic carbocycles. The maximum atomic E-state index is 5.76. The zero-order valence-electron chi connectivity index (χ0n) is 9.39. The summed E-state index contributed by atoms with van der Waals surface area (Å²) in [6.45, 7) is 0.735. The molecule has 2 rings (SSSR count). The van der Waals surface area contributed by atoms with Gasteiger partial charge in [0.25, 0.3) is 0 Å². The maximum Gasteiger partial charge on any atom is 0.223 e. The molecule has 0 aliphatic carbocycles. The Hall–Kier alpha value is -1.82. The fraction of sp³-hybridized carbons (Fsp3) is 0.300. The Balaban J connectivity index is 1.89. The van der Waals surface area contributed by atoms with Gasteiger partial charge in [0.2, 0.25) is 5.95 Å². The molecule has 0 unspecified atom stereocenters. The van der Waals surface area contributed by atoms with Crippen molar-refractivity contribution in [3.05, 3.63) is 29.2 Å². The van der Waals surface area contributed by atoms with Gasteiger partial charge in [0.05, 0.1) is 6.20 Å². The summed E-state index contributed by atoms with van der Waals surface area (Å²) in [6, 6.07) is 1.64. The zero-order chi connectivity index (χ0) is 12.3. The van der Waals surface area contributed by atoms with Gasteiger partial charge in [0.1, 0.15) is 11.0 Å². The summed E-state index contributed by atoms with van der Waals surface area (Å²) >= 11 is 5.76. The predicted octanol–water partition coefficient (Wildman–Crippen LogP) is 1.10. The van der Waals surface area contributed by atoms with E-state index in [1.807, 2.05) is 19.4 Å². The highest BCUT2D eigenvalue weighted by atomic mass is 35.5. The molecule has 17 heavy (non-hydrogen) atoms. The lowest BCUT2D eigenvalue weighted by atomic mass is 10.2. The Morgan fingerprint density at radius 3 is 2.94 bits per heavy atom. The van der Waals surface area contributed by atoms with Crippen LogP contribution in [0.4, 0.5) is 11.8 Å². The molecular formula is C10H13ClN6. The van der Waals surface area contributed by atoms with E-state index < -0.39 is 0 Å². The molecule has 0 spiro atoms. The summed E-state index contributed by atoms with van der Waals surface area (Å²) in [4.78, 5) is 7.80. The molecule has 2 aromatic rings. The first kappa shape index (κ1) is 11.7. The molecule has 0 saturated heterocycles. The van der Waals surface area contributed by atoms with Gasteiger partial charge in [0.15, 0.2) is 0 Å². The molecule has 0 radical (unpaired) electrons. The van der Waals surface area contributed by atoms with Gasteiger partial charge < -0.3 is 11.1 Å². The molecule has 0 fully saturated rings. The molecule has 0 aliphatic rings. The van der Waals surface area contributed by atoms with Gasteiger partial charge in [-0.3, -0.25) is 4.68 Å². The molecule has 3 N–H and O–H groups in total. The molecule has 2 aromatic heterocycles. The molecule has 6 nitrogen and oxygen atoms in total. The highest BCUT2D eigenvalue weighted by Crippen LogP contribution is 2.12. The fourth-order valence-corrected chi connectivity index (χ4v) is 1.65. The average Bonchev–Trinajstić information content (AvgIpc) is 2.63. The lowest BCUT2D eigenvalue weighted by Crippen LogP contribution is -2.07. The molecule has 0 atom stereocenters. The maximum absolute atomic E-state index is 5.76. The Kier molecular flexibility index (Phi) is 3.43. The average molecular weight is 253 g/mol. The molecule has 7 heteroatoms. The number of aromatic nitrogens is 4. The second kappa shape index (κ2) is 5.01. The van der Waals surface area contributed by atoms with Crippen molar-refractivity contribution < 1.29 is 0 Å².